The van der Waals surface area contributed by atoms with Gasteiger partial charge in [-0.15, -0.1) is 20.2 Å². The molecule has 2 rings (SSSR count). The highest BCUT2D eigenvalue weighted by Crippen LogP contribution is 2.30. The molecule has 4 N–H and O–H groups in total. The van der Waals surface area contributed by atoms with Crippen LogP contribution in [-0.2, 0) is 20.9 Å². The molecule has 0 aromatic heterocycles. The van der Waals surface area contributed by atoms with Gasteiger partial charge in [0, 0.05) is 5.69 Å². The Kier molecular flexibility index (Phi) is 10.6. The van der Waals surface area contributed by atoms with E-state index in [-0.39, 0.29) is 17.1 Å². The Morgan fingerprint density at radius 1 is 1.22 bits per heavy atom. The van der Waals surface area contributed by atoms with Crippen molar-refractivity contribution in [2.45, 2.75) is 19.4 Å². The maximum atomic E-state index is 13.7. The van der Waals surface area contributed by atoms with Crippen molar-refractivity contribution in [3.63, 3.8) is 0 Å². The molecule has 0 atom stereocenters. The number of carboxylic acids is 1. The van der Waals surface area contributed by atoms with Gasteiger partial charge in [0.05, 0.1) is 23.2 Å². The molecule has 0 saturated carbocycles. The van der Waals surface area contributed by atoms with Crippen molar-refractivity contribution in [2.24, 2.45) is 5.73 Å². The average molecular weight is 475 g/mol. The molecule has 14 heteroatoms. The fourth-order valence-electron chi connectivity index (χ4n) is 2.27. The summed E-state index contributed by atoms with van der Waals surface area (Å²) in [6, 6.07) is 8.78. The smallest absolute Gasteiger partial charge is 0.307 e. The SMILES string of the molecule is Cc1ccc(Nc2c(F)cccc2Cl)c(CC(=O)O)c1.NC(CO[N+](=O)[O-])CO[N+](=O)[O-]. The Morgan fingerprint density at radius 2 is 1.81 bits per heavy atom. The van der Waals surface area contributed by atoms with Crippen molar-refractivity contribution >= 4 is 28.9 Å². The Labute approximate surface area is 185 Å². The lowest BCUT2D eigenvalue weighted by molar-refractivity contribution is -0.766. The normalized spacial score (nSPS) is 10.0. The van der Waals surface area contributed by atoms with E-state index in [4.69, 9.17) is 22.4 Å². The summed E-state index contributed by atoms with van der Waals surface area (Å²) in [5, 5.41) is 29.2. The van der Waals surface area contributed by atoms with Gasteiger partial charge < -0.3 is 25.8 Å². The summed E-state index contributed by atoms with van der Waals surface area (Å²) in [4.78, 5) is 37.7. The van der Waals surface area contributed by atoms with Crippen LogP contribution >= 0.6 is 11.6 Å². The Hall–Kier alpha value is -3.71. The third-order valence-corrected chi connectivity index (χ3v) is 3.93. The highest BCUT2D eigenvalue weighted by molar-refractivity contribution is 6.33. The van der Waals surface area contributed by atoms with Gasteiger partial charge in [0.1, 0.15) is 19.0 Å². The monoisotopic (exact) mass is 474 g/mol. The highest BCUT2D eigenvalue weighted by Gasteiger charge is 2.12. The zero-order valence-electron chi connectivity index (χ0n) is 16.7. The molecule has 174 valence electrons. The number of aryl methyl sites for hydroxylation is 1. The molecule has 0 heterocycles. The van der Waals surface area contributed by atoms with E-state index in [1.807, 2.05) is 13.0 Å². The molecule has 0 amide bonds. The molecule has 12 nitrogen and oxygen atoms in total. The number of para-hydroxylation sites is 1. The molecule has 0 saturated heterocycles. The van der Waals surface area contributed by atoms with Crippen LogP contribution in [0.1, 0.15) is 11.1 Å². The molecular weight excluding hydrogens is 455 g/mol. The molecular formula is C18H20ClFN4O8. The van der Waals surface area contributed by atoms with E-state index in [2.05, 4.69) is 15.0 Å². The second kappa shape index (κ2) is 12.9. The van der Waals surface area contributed by atoms with Gasteiger partial charge in [-0.25, -0.2) is 4.39 Å². The summed E-state index contributed by atoms with van der Waals surface area (Å²) in [5.41, 5.74) is 7.30. The predicted octanol–water partition coefficient (Wildman–Crippen LogP) is 2.89. The zero-order chi connectivity index (χ0) is 24.3. The molecule has 0 radical (unpaired) electrons. The van der Waals surface area contributed by atoms with Crippen LogP contribution in [0.4, 0.5) is 15.8 Å². The zero-order valence-corrected chi connectivity index (χ0v) is 17.5. The van der Waals surface area contributed by atoms with E-state index in [1.165, 1.54) is 12.1 Å². The summed E-state index contributed by atoms with van der Waals surface area (Å²) in [6.07, 6.45) is -0.143. The number of hydrogen-bond acceptors (Lipinski definition) is 9. The average Bonchev–Trinajstić information content (AvgIpc) is 2.69. The first-order chi connectivity index (χ1) is 15.0. The number of aliphatic carboxylic acids is 1. The van der Waals surface area contributed by atoms with Crippen molar-refractivity contribution in [2.75, 3.05) is 18.5 Å². The van der Waals surface area contributed by atoms with Gasteiger partial charge in [0.25, 0.3) is 10.2 Å². The number of nitrogens with one attached hydrogen (secondary N) is 1. The van der Waals surface area contributed by atoms with Crippen LogP contribution in [0.15, 0.2) is 36.4 Å². The summed E-state index contributed by atoms with van der Waals surface area (Å²) >= 11 is 5.95. The minimum Gasteiger partial charge on any atom is -0.481 e. The fraction of sp³-hybridized carbons (Fsp3) is 0.278. The molecule has 2 aromatic carbocycles. The van der Waals surface area contributed by atoms with Crippen molar-refractivity contribution in [3.8, 4) is 0 Å². The number of rotatable bonds is 10. The van der Waals surface area contributed by atoms with E-state index in [0.29, 0.717) is 11.3 Å². The maximum absolute atomic E-state index is 13.7. The molecule has 0 bridgehead atoms. The number of carboxylic acid groups (broad SMARTS) is 1. The van der Waals surface area contributed by atoms with E-state index < -0.39 is 41.2 Å². The fourth-order valence-corrected chi connectivity index (χ4v) is 2.48. The van der Waals surface area contributed by atoms with E-state index in [1.54, 1.807) is 18.2 Å². The van der Waals surface area contributed by atoms with E-state index in [9.17, 15) is 29.4 Å². The minimum absolute atomic E-state index is 0.143. The van der Waals surface area contributed by atoms with Crippen LogP contribution in [0.25, 0.3) is 0 Å². The van der Waals surface area contributed by atoms with Crippen molar-refractivity contribution in [1.29, 1.82) is 0 Å². The second-order valence-corrected chi connectivity index (χ2v) is 6.66. The first-order valence-corrected chi connectivity index (χ1v) is 9.20. The first kappa shape index (κ1) is 26.3. The summed E-state index contributed by atoms with van der Waals surface area (Å²) in [6.45, 7) is 1.01. The van der Waals surface area contributed by atoms with E-state index in [0.717, 1.165) is 5.56 Å². The van der Waals surface area contributed by atoms with Crippen LogP contribution in [0, 0.1) is 33.0 Å². The lowest BCUT2D eigenvalue weighted by Crippen LogP contribution is -2.33. The van der Waals surface area contributed by atoms with Crippen LogP contribution in [0.3, 0.4) is 0 Å². The van der Waals surface area contributed by atoms with Crippen LogP contribution in [0.5, 0.6) is 0 Å². The largest absolute Gasteiger partial charge is 0.481 e. The summed E-state index contributed by atoms with van der Waals surface area (Å²) < 4.78 is 13.7. The maximum Gasteiger partial charge on any atom is 0.307 e. The van der Waals surface area contributed by atoms with Gasteiger partial charge in [-0.2, -0.15) is 0 Å². The minimum atomic E-state index is -1.04. The third kappa shape index (κ3) is 9.86. The van der Waals surface area contributed by atoms with Crippen LogP contribution in [-0.4, -0.2) is 40.5 Å². The van der Waals surface area contributed by atoms with E-state index >= 15 is 0 Å². The quantitative estimate of drug-likeness (QED) is 0.342. The predicted molar refractivity (Wildman–Crippen MR) is 111 cm³/mol. The number of nitrogens with two attached hydrogens (primary N) is 1. The van der Waals surface area contributed by atoms with Gasteiger partial charge in [0.15, 0.2) is 0 Å². The topological polar surface area (TPSA) is 180 Å². The molecule has 0 aliphatic carbocycles. The highest BCUT2D eigenvalue weighted by atomic mass is 35.5. The van der Waals surface area contributed by atoms with Crippen molar-refractivity contribution in [1.82, 2.24) is 0 Å². The lowest BCUT2D eigenvalue weighted by Gasteiger charge is -2.13. The van der Waals surface area contributed by atoms with Crippen LogP contribution < -0.4 is 11.1 Å². The van der Waals surface area contributed by atoms with Crippen molar-refractivity contribution in [3.05, 3.63) is 78.6 Å². The standard InChI is InChI=1S/C15H13ClFNO2.C3H7N3O6/c1-9-5-6-13(10(7-9)8-14(19)20)18-15-11(16)3-2-4-12(15)17;4-3(1-11-5(7)8)2-12-6(9)10/h2-7,18H,8H2,1H3,(H,19,20);3H,1-2,4H2. The Morgan fingerprint density at radius 3 is 2.31 bits per heavy atom. The number of nitrogens with zero attached hydrogens (tertiary/aromatic N) is 2. The molecule has 32 heavy (non-hydrogen) atoms. The summed E-state index contributed by atoms with van der Waals surface area (Å²) in [7, 11) is 0. The van der Waals surface area contributed by atoms with Gasteiger partial charge in [-0.05, 0) is 30.7 Å². The molecule has 2 aromatic rings. The third-order valence-electron chi connectivity index (χ3n) is 3.61. The molecule has 0 fully saturated rings. The van der Waals surface area contributed by atoms with Gasteiger partial charge >= 0.3 is 5.97 Å². The number of hydrogen-bond donors (Lipinski definition) is 3. The van der Waals surface area contributed by atoms with Gasteiger partial charge in [0.2, 0.25) is 0 Å². The molecule has 0 aliphatic heterocycles. The molecule has 0 aliphatic rings. The van der Waals surface area contributed by atoms with Gasteiger partial charge in [-0.1, -0.05) is 35.4 Å². The second-order valence-electron chi connectivity index (χ2n) is 6.25. The number of anilines is 2. The number of carbonyl (C=O) groups is 1. The number of halogens is 2. The molecule has 0 unspecified atom stereocenters. The van der Waals surface area contributed by atoms with Gasteiger partial charge in [-0.3, -0.25) is 4.79 Å². The summed E-state index contributed by atoms with van der Waals surface area (Å²) in [5.74, 6) is -1.43. The lowest BCUT2D eigenvalue weighted by atomic mass is 10.1. The number of benzene rings is 2. The van der Waals surface area contributed by atoms with Crippen LogP contribution in [0.2, 0.25) is 5.02 Å². The molecule has 0 spiro atoms. The van der Waals surface area contributed by atoms with Crippen molar-refractivity contribution < 1.29 is 34.1 Å². The Balaban J connectivity index is 0.000000368. The first-order valence-electron chi connectivity index (χ1n) is 8.82. The Bertz CT molecular complexity index is 924.